The van der Waals surface area contributed by atoms with Gasteiger partial charge in [0.1, 0.15) is 6.61 Å². The minimum absolute atomic E-state index is 0.0596. The average Bonchev–Trinajstić information content (AvgIpc) is 3.38. The Labute approximate surface area is 451 Å². The van der Waals surface area contributed by atoms with Gasteiger partial charge >= 0.3 is 11.9 Å². The first kappa shape index (κ1) is 70.4. The molecule has 0 radical (unpaired) electrons. The fourth-order valence-corrected chi connectivity index (χ4v) is 10.3. The largest absolute Gasteiger partial charge is 0.462 e. The van der Waals surface area contributed by atoms with Gasteiger partial charge in [0.15, 0.2) is 6.10 Å². The van der Waals surface area contributed by atoms with Crippen LogP contribution in [0.2, 0.25) is 0 Å². The van der Waals surface area contributed by atoms with Gasteiger partial charge in [-0.25, -0.2) is 0 Å². The molecule has 1 atom stereocenters. The minimum Gasteiger partial charge on any atom is -0.462 e. The number of carbonyl (C=O) groups excluding carboxylic acids is 2. The highest BCUT2D eigenvalue weighted by molar-refractivity contribution is 5.70. The molecule has 1 unspecified atom stereocenters. The van der Waals surface area contributed by atoms with Crippen molar-refractivity contribution in [2.75, 3.05) is 13.2 Å². The Morgan fingerprint density at radius 3 is 0.819 bits per heavy atom. The molecule has 0 aliphatic rings. The topological polar surface area (TPSA) is 72.8 Å². The average molecular weight is 1010 g/mol. The highest BCUT2D eigenvalue weighted by Gasteiger charge is 2.16. The van der Waals surface area contributed by atoms with E-state index in [0.717, 1.165) is 38.5 Å². The van der Waals surface area contributed by atoms with Crippen LogP contribution in [0.15, 0.2) is 24.3 Å². The smallest absolute Gasteiger partial charge is 0.306 e. The summed E-state index contributed by atoms with van der Waals surface area (Å²) in [6, 6.07) is 0. The van der Waals surface area contributed by atoms with E-state index < -0.39 is 6.10 Å². The number of unbranched alkanes of at least 4 members (excludes halogenated alkanes) is 50. The summed E-state index contributed by atoms with van der Waals surface area (Å²) in [5.41, 5.74) is 0. The molecule has 0 aromatic rings. The Hall–Kier alpha value is -1.62. The first-order valence-corrected chi connectivity index (χ1v) is 32.9. The van der Waals surface area contributed by atoms with Gasteiger partial charge < -0.3 is 14.6 Å². The maximum Gasteiger partial charge on any atom is 0.306 e. The number of aliphatic hydroxyl groups is 1. The predicted octanol–water partition coefficient (Wildman–Crippen LogP) is 22.4. The summed E-state index contributed by atoms with van der Waals surface area (Å²) < 4.78 is 10.7. The van der Waals surface area contributed by atoms with Gasteiger partial charge in [-0.2, -0.15) is 0 Å². The van der Waals surface area contributed by atoms with Crippen molar-refractivity contribution in [3.8, 4) is 0 Å². The lowest BCUT2D eigenvalue weighted by atomic mass is 10.0. The summed E-state index contributed by atoms with van der Waals surface area (Å²) >= 11 is 0. The molecule has 0 amide bonds. The first-order valence-electron chi connectivity index (χ1n) is 32.9. The minimum atomic E-state index is -0.770. The monoisotopic (exact) mass is 1010 g/mol. The van der Waals surface area contributed by atoms with Crippen molar-refractivity contribution in [2.24, 2.45) is 0 Å². The molecule has 5 heteroatoms. The Kier molecular flexibility index (Phi) is 62.2. The van der Waals surface area contributed by atoms with E-state index in [9.17, 15) is 14.7 Å². The summed E-state index contributed by atoms with van der Waals surface area (Å²) in [4.78, 5) is 24.6. The van der Waals surface area contributed by atoms with E-state index in [2.05, 4.69) is 38.2 Å². The lowest BCUT2D eigenvalue weighted by Crippen LogP contribution is -2.28. The SMILES string of the molecule is CCCCCCC/C=C\C/C=C\CCCCCCCCCCCCCCCC(=O)OC(CO)COC(=O)CCCCCCCCCCCCCCCCCCCCCCCCCCCCCCCCCCC. The molecule has 0 aliphatic carbocycles. The van der Waals surface area contributed by atoms with Crippen molar-refractivity contribution in [3.63, 3.8) is 0 Å². The number of hydrogen-bond donors (Lipinski definition) is 1. The van der Waals surface area contributed by atoms with Gasteiger partial charge in [0.2, 0.25) is 0 Å². The Balaban J connectivity index is 3.38. The molecule has 0 aliphatic heterocycles. The number of rotatable bonds is 62. The predicted molar refractivity (Wildman–Crippen MR) is 316 cm³/mol. The highest BCUT2D eigenvalue weighted by atomic mass is 16.6. The van der Waals surface area contributed by atoms with Gasteiger partial charge in [0, 0.05) is 12.8 Å². The van der Waals surface area contributed by atoms with Crippen LogP contribution in [0.3, 0.4) is 0 Å². The first-order chi connectivity index (χ1) is 35.6. The van der Waals surface area contributed by atoms with Crippen LogP contribution in [0.4, 0.5) is 0 Å². The van der Waals surface area contributed by atoms with Crippen molar-refractivity contribution >= 4 is 11.9 Å². The Morgan fingerprint density at radius 1 is 0.319 bits per heavy atom. The molecular formula is C67H128O5. The molecule has 0 spiro atoms. The maximum absolute atomic E-state index is 12.3. The summed E-state index contributed by atoms with van der Waals surface area (Å²) in [6.45, 7) is 4.19. The highest BCUT2D eigenvalue weighted by Crippen LogP contribution is 2.19. The Morgan fingerprint density at radius 2 is 0.556 bits per heavy atom. The van der Waals surface area contributed by atoms with Crippen LogP contribution in [0.25, 0.3) is 0 Å². The second-order valence-electron chi connectivity index (χ2n) is 22.6. The van der Waals surface area contributed by atoms with Crippen molar-refractivity contribution in [2.45, 2.75) is 380 Å². The molecule has 0 aromatic carbocycles. The summed E-state index contributed by atoms with van der Waals surface area (Å²) in [6.07, 6.45) is 82.0. The normalized spacial score (nSPS) is 12.2. The van der Waals surface area contributed by atoms with Crippen molar-refractivity contribution in [1.29, 1.82) is 0 Å². The van der Waals surface area contributed by atoms with E-state index in [1.54, 1.807) is 0 Å². The third-order valence-corrected chi connectivity index (χ3v) is 15.2. The maximum atomic E-state index is 12.3. The molecule has 0 rings (SSSR count). The molecule has 72 heavy (non-hydrogen) atoms. The fraction of sp³-hybridized carbons (Fsp3) is 0.910. The van der Waals surface area contributed by atoms with Crippen LogP contribution in [0, 0.1) is 0 Å². The Bertz CT molecular complexity index is 1100. The molecule has 1 N–H and O–H groups in total. The standard InChI is InChI=1S/C67H128O5/c1-3-5-7-9-11-13-15-17-19-21-23-25-27-29-30-31-32-33-34-35-36-38-39-41-43-45-47-49-51-53-55-57-59-61-66(69)71-64-65(63-68)72-67(70)62-60-58-56-54-52-50-48-46-44-42-40-37-28-26-24-22-20-18-16-14-12-10-8-6-4-2/h16,18,22,24,65,68H,3-15,17,19-21,23,25-64H2,1-2H3/b18-16-,24-22-. The van der Waals surface area contributed by atoms with E-state index >= 15 is 0 Å². The molecular weight excluding hydrogens is 885 g/mol. The molecule has 426 valence electrons. The number of aliphatic hydroxyl groups excluding tert-OH is 1. The summed E-state index contributed by atoms with van der Waals surface area (Å²) in [7, 11) is 0. The van der Waals surface area contributed by atoms with Crippen LogP contribution >= 0.6 is 0 Å². The van der Waals surface area contributed by atoms with Gasteiger partial charge in [-0.05, 0) is 44.9 Å². The van der Waals surface area contributed by atoms with E-state index in [4.69, 9.17) is 9.47 Å². The fourth-order valence-electron chi connectivity index (χ4n) is 10.3. The number of allylic oxidation sites excluding steroid dienone is 4. The molecule has 0 heterocycles. The molecule has 5 nitrogen and oxygen atoms in total. The van der Waals surface area contributed by atoms with Crippen LogP contribution < -0.4 is 0 Å². The van der Waals surface area contributed by atoms with E-state index in [1.165, 1.54) is 308 Å². The van der Waals surface area contributed by atoms with E-state index in [1.807, 2.05) is 0 Å². The third-order valence-electron chi connectivity index (χ3n) is 15.2. The van der Waals surface area contributed by atoms with Crippen molar-refractivity contribution in [3.05, 3.63) is 24.3 Å². The molecule has 0 fully saturated rings. The zero-order valence-corrected chi connectivity index (χ0v) is 49.0. The quantitative estimate of drug-likeness (QED) is 0.0373. The van der Waals surface area contributed by atoms with Gasteiger partial charge in [-0.15, -0.1) is 0 Å². The lowest BCUT2D eigenvalue weighted by Gasteiger charge is -2.15. The van der Waals surface area contributed by atoms with Gasteiger partial charge in [-0.1, -0.05) is 340 Å². The number of carbonyl (C=O) groups is 2. The molecule has 0 bridgehead atoms. The third kappa shape index (κ3) is 60.9. The molecule has 0 saturated carbocycles. The number of hydrogen-bond acceptors (Lipinski definition) is 5. The van der Waals surface area contributed by atoms with Gasteiger partial charge in [0.05, 0.1) is 6.61 Å². The second-order valence-corrected chi connectivity index (χ2v) is 22.6. The number of esters is 2. The van der Waals surface area contributed by atoms with E-state index in [0.29, 0.717) is 12.8 Å². The lowest BCUT2D eigenvalue weighted by molar-refractivity contribution is -0.161. The zero-order chi connectivity index (χ0) is 52.0. The second kappa shape index (κ2) is 63.7. The zero-order valence-electron chi connectivity index (χ0n) is 49.0. The molecule has 0 saturated heterocycles. The van der Waals surface area contributed by atoms with Crippen LogP contribution in [0.1, 0.15) is 373 Å². The van der Waals surface area contributed by atoms with Crippen molar-refractivity contribution < 1.29 is 24.2 Å². The van der Waals surface area contributed by atoms with E-state index in [-0.39, 0.29) is 25.2 Å². The van der Waals surface area contributed by atoms with Crippen LogP contribution in [-0.2, 0) is 19.1 Å². The number of ether oxygens (including phenoxy) is 2. The van der Waals surface area contributed by atoms with Gasteiger partial charge in [0.25, 0.3) is 0 Å². The van der Waals surface area contributed by atoms with Crippen molar-refractivity contribution in [1.82, 2.24) is 0 Å². The summed E-state index contributed by atoms with van der Waals surface area (Å²) in [5.74, 6) is -0.568. The van der Waals surface area contributed by atoms with Crippen LogP contribution in [-0.4, -0.2) is 36.4 Å². The van der Waals surface area contributed by atoms with Crippen LogP contribution in [0.5, 0.6) is 0 Å². The summed E-state index contributed by atoms with van der Waals surface area (Å²) in [5, 5.41) is 9.68. The molecule has 0 aromatic heterocycles. The van der Waals surface area contributed by atoms with Gasteiger partial charge in [-0.3, -0.25) is 9.59 Å².